The van der Waals surface area contributed by atoms with Crippen molar-refractivity contribution in [1.29, 1.82) is 0 Å². The van der Waals surface area contributed by atoms with Gasteiger partial charge >= 0.3 is 0 Å². The number of thiazole rings is 1. The van der Waals surface area contributed by atoms with Crippen molar-refractivity contribution in [1.82, 2.24) is 9.55 Å². The number of benzene rings is 1. The van der Waals surface area contributed by atoms with Gasteiger partial charge in [-0.1, -0.05) is 12.1 Å². The fraction of sp³-hybridized carbons (Fsp3) is 0.176. The predicted octanol–water partition coefficient (Wildman–Crippen LogP) is 3.54. The Balaban J connectivity index is 1.99. The van der Waals surface area contributed by atoms with Crippen LogP contribution in [-0.2, 0) is 6.54 Å². The Labute approximate surface area is 133 Å². The number of rotatable bonds is 4. The first kappa shape index (κ1) is 14.5. The van der Waals surface area contributed by atoms with E-state index in [4.69, 9.17) is 9.73 Å². The van der Waals surface area contributed by atoms with E-state index in [9.17, 15) is 0 Å². The van der Waals surface area contributed by atoms with Gasteiger partial charge in [-0.2, -0.15) is 0 Å². The highest BCUT2D eigenvalue weighted by Crippen LogP contribution is 2.19. The molecule has 0 aliphatic heterocycles. The average Bonchev–Trinajstić information content (AvgIpc) is 2.89. The quantitative estimate of drug-likeness (QED) is 0.739. The fourth-order valence-corrected chi connectivity index (χ4v) is 3.04. The third-order valence-corrected chi connectivity index (χ3v) is 4.30. The van der Waals surface area contributed by atoms with Gasteiger partial charge in [0.05, 0.1) is 25.0 Å². The maximum Gasteiger partial charge on any atom is 0.190 e. The van der Waals surface area contributed by atoms with Crippen molar-refractivity contribution in [3.63, 3.8) is 0 Å². The second-order valence-corrected chi connectivity index (χ2v) is 5.72. The van der Waals surface area contributed by atoms with Gasteiger partial charge in [0.2, 0.25) is 0 Å². The van der Waals surface area contributed by atoms with E-state index in [-0.39, 0.29) is 0 Å². The molecule has 0 saturated heterocycles. The lowest BCUT2D eigenvalue weighted by Crippen LogP contribution is -2.17. The molecular weight excluding hydrogens is 294 g/mol. The minimum atomic E-state index is 0.721. The Morgan fingerprint density at radius 1 is 1.23 bits per heavy atom. The van der Waals surface area contributed by atoms with Gasteiger partial charge < -0.3 is 9.30 Å². The van der Waals surface area contributed by atoms with Crippen LogP contribution in [0.25, 0.3) is 0 Å². The number of aryl methyl sites for hydroxylation is 1. The second-order valence-electron chi connectivity index (χ2n) is 4.88. The first-order valence-electron chi connectivity index (χ1n) is 7.00. The van der Waals surface area contributed by atoms with Crippen LogP contribution >= 0.6 is 11.3 Å². The summed E-state index contributed by atoms with van der Waals surface area (Å²) in [5, 5.41) is 2.11. The van der Waals surface area contributed by atoms with Crippen molar-refractivity contribution < 1.29 is 4.74 Å². The molecule has 5 heteroatoms. The first-order valence-corrected chi connectivity index (χ1v) is 7.88. The summed E-state index contributed by atoms with van der Waals surface area (Å²) in [6, 6.07) is 13.7. The molecule has 2 aromatic heterocycles. The third-order valence-electron chi connectivity index (χ3n) is 3.32. The van der Waals surface area contributed by atoms with E-state index in [0.29, 0.717) is 0 Å². The van der Waals surface area contributed by atoms with Gasteiger partial charge in [0.1, 0.15) is 5.75 Å². The molecule has 0 saturated carbocycles. The van der Waals surface area contributed by atoms with Crippen molar-refractivity contribution in [2.45, 2.75) is 13.5 Å². The second kappa shape index (κ2) is 6.58. The Bertz CT molecular complexity index is 821. The van der Waals surface area contributed by atoms with Crippen molar-refractivity contribution in [3.05, 3.63) is 70.2 Å². The van der Waals surface area contributed by atoms with Crippen LogP contribution in [0.15, 0.2) is 59.0 Å². The Morgan fingerprint density at radius 2 is 2.14 bits per heavy atom. The van der Waals surface area contributed by atoms with Crippen molar-refractivity contribution >= 4 is 17.0 Å². The molecular formula is C17H17N3OS. The average molecular weight is 311 g/mol. The van der Waals surface area contributed by atoms with E-state index >= 15 is 0 Å². The van der Waals surface area contributed by atoms with Crippen LogP contribution in [0.1, 0.15) is 11.4 Å². The van der Waals surface area contributed by atoms with E-state index in [1.165, 1.54) is 5.69 Å². The molecule has 0 spiro atoms. The number of aromatic nitrogens is 2. The van der Waals surface area contributed by atoms with Gasteiger partial charge in [0.15, 0.2) is 4.80 Å². The molecule has 0 aliphatic carbocycles. The summed E-state index contributed by atoms with van der Waals surface area (Å²) in [6.07, 6.45) is 1.82. The molecule has 112 valence electrons. The Kier molecular flexibility index (Phi) is 4.34. The van der Waals surface area contributed by atoms with E-state index < -0.39 is 0 Å². The zero-order valence-electron chi connectivity index (χ0n) is 12.6. The van der Waals surface area contributed by atoms with E-state index in [1.54, 1.807) is 18.4 Å². The summed E-state index contributed by atoms with van der Waals surface area (Å²) < 4.78 is 7.42. The van der Waals surface area contributed by atoms with Gasteiger partial charge in [-0.3, -0.25) is 4.98 Å². The molecule has 0 amide bonds. The maximum absolute atomic E-state index is 5.25. The molecule has 3 aromatic rings. The van der Waals surface area contributed by atoms with Crippen LogP contribution in [0.2, 0.25) is 0 Å². The lowest BCUT2D eigenvalue weighted by Gasteiger charge is -2.05. The summed E-state index contributed by atoms with van der Waals surface area (Å²) in [7, 11) is 1.66. The number of pyridine rings is 1. The van der Waals surface area contributed by atoms with Gasteiger partial charge in [-0.05, 0) is 31.2 Å². The molecule has 0 fully saturated rings. The highest BCUT2D eigenvalue weighted by atomic mass is 32.1. The smallest absolute Gasteiger partial charge is 0.190 e. The first-order chi connectivity index (χ1) is 10.8. The molecule has 2 heterocycles. The van der Waals surface area contributed by atoms with E-state index in [2.05, 4.69) is 21.9 Å². The normalized spacial score (nSPS) is 11.6. The summed E-state index contributed by atoms with van der Waals surface area (Å²) in [5.41, 5.74) is 3.09. The Hall–Kier alpha value is -2.40. The lowest BCUT2D eigenvalue weighted by atomic mass is 10.3. The summed E-state index contributed by atoms with van der Waals surface area (Å²) in [6.45, 7) is 2.81. The zero-order chi connectivity index (χ0) is 15.4. The van der Waals surface area contributed by atoms with Crippen LogP contribution in [0.5, 0.6) is 5.75 Å². The van der Waals surface area contributed by atoms with Crippen LogP contribution < -0.4 is 9.54 Å². The number of hydrogen-bond acceptors (Lipinski definition) is 4. The summed E-state index contributed by atoms with van der Waals surface area (Å²) in [4.78, 5) is 10.1. The van der Waals surface area contributed by atoms with Gasteiger partial charge in [0, 0.05) is 23.3 Å². The minimum absolute atomic E-state index is 0.721. The molecule has 3 rings (SSSR count). The largest absolute Gasteiger partial charge is 0.497 e. The van der Waals surface area contributed by atoms with E-state index in [0.717, 1.165) is 28.5 Å². The Morgan fingerprint density at radius 3 is 2.91 bits per heavy atom. The fourth-order valence-electron chi connectivity index (χ4n) is 2.14. The monoisotopic (exact) mass is 311 g/mol. The molecule has 0 aliphatic rings. The van der Waals surface area contributed by atoms with Gasteiger partial charge in [-0.25, -0.2) is 4.99 Å². The van der Waals surface area contributed by atoms with E-state index in [1.807, 2.05) is 48.7 Å². The van der Waals surface area contributed by atoms with Crippen LogP contribution in [0, 0.1) is 6.92 Å². The summed E-state index contributed by atoms with van der Waals surface area (Å²) in [5.74, 6) is 0.811. The topological polar surface area (TPSA) is 39.4 Å². The molecule has 22 heavy (non-hydrogen) atoms. The summed E-state index contributed by atoms with van der Waals surface area (Å²) >= 11 is 1.63. The van der Waals surface area contributed by atoms with Crippen molar-refractivity contribution in [2.24, 2.45) is 4.99 Å². The van der Waals surface area contributed by atoms with Gasteiger partial charge in [0.25, 0.3) is 0 Å². The van der Waals surface area contributed by atoms with Gasteiger partial charge in [-0.15, -0.1) is 11.3 Å². The van der Waals surface area contributed by atoms with Crippen LogP contribution in [-0.4, -0.2) is 16.7 Å². The minimum Gasteiger partial charge on any atom is -0.497 e. The highest BCUT2D eigenvalue weighted by Gasteiger charge is 2.04. The van der Waals surface area contributed by atoms with Crippen LogP contribution in [0.3, 0.4) is 0 Å². The molecule has 0 N–H and O–H groups in total. The maximum atomic E-state index is 5.25. The lowest BCUT2D eigenvalue weighted by molar-refractivity contribution is 0.415. The standard InChI is InChI=1S/C17H17N3OS/c1-13-12-22-17(19-14-7-5-8-16(10-14)21-2)20(13)11-15-6-3-4-9-18-15/h3-10,12H,11H2,1-2H3. The highest BCUT2D eigenvalue weighted by molar-refractivity contribution is 7.07. The number of methoxy groups -OCH3 is 1. The molecule has 0 radical (unpaired) electrons. The van der Waals surface area contributed by atoms with Crippen molar-refractivity contribution in [3.8, 4) is 5.75 Å². The molecule has 0 unspecified atom stereocenters. The molecule has 4 nitrogen and oxygen atoms in total. The van der Waals surface area contributed by atoms with Crippen LogP contribution in [0.4, 0.5) is 5.69 Å². The van der Waals surface area contributed by atoms with Crippen molar-refractivity contribution in [2.75, 3.05) is 7.11 Å². The zero-order valence-corrected chi connectivity index (χ0v) is 13.4. The third kappa shape index (κ3) is 3.26. The predicted molar refractivity (Wildman–Crippen MR) is 88.6 cm³/mol. The number of hydrogen-bond donors (Lipinski definition) is 0. The molecule has 0 bridgehead atoms. The SMILES string of the molecule is COc1cccc(N=c2scc(C)n2Cc2ccccn2)c1. The molecule has 0 atom stereocenters. The number of nitrogens with zero attached hydrogens (tertiary/aromatic N) is 3. The molecule has 1 aromatic carbocycles. The number of ether oxygens (including phenoxy) is 1.